The van der Waals surface area contributed by atoms with Gasteiger partial charge in [0.2, 0.25) is 5.95 Å². The third kappa shape index (κ3) is 18.4. The first-order valence-electron chi connectivity index (χ1n) is 20.0. The fourth-order valence-corrected chi connectivity index (χ4v) is 6.65. The van der Waals surface area contributed by atoms with E-state index in [1.54, 1.807) is 4.90 Å². The van der Waals surface area contributed by atoms with E-state index in [1.807, 2.05) is 0 Å². The van der Waals surface area contributed by atoms with Crippen LogP contribution in [0.4, 0.5) is 17.5 Å². The molecule has 4 N–H and O–H groups in total. The number of ketones is 2. The van der Waals surface area contributed by atoms with E-state index in [0.29, 0.717) is 43.8 Å². The number of nitrogens with one attached hydrogen (secondary N) is 2. The minimum Gasteiger partial charge on any atom is -0.369 e. The van der Waals surface area contributed by atoms with Crippen LogP contribution >= 0.6 is 0 Å². The molecule has 0 spiro atoms. The van der Waals surface area contributed by atoms with E-state index >= 15 is 0 Å². The molecular weight excluding hydrogens is 602 g/mol. The average molecular weight is 674 g/mol. The Morgan fingerprint density at radius 3 is 1.62 bits per heavy atom. The zero-order chi connectivity index (χ0) is 34.7. The first kappa shape index (κ1) is 41.7. The maximum absolute atomic E-state index is 13.5. The number of aromatic nitrogens is 2. The molecule has 1 aromatic heterocycles. The SMILES string of the molecule is CCCCCCCCCCCCCCC(=O)CCCOC(C(=O)CCCCCCCCCCCCCC)N1CNc2c1nc(N)[nH]c2=O. The number of hydrogen-bond donors (Lipinski definition) is 3. The molecule has 2 rings (SSSR count). The van der Waals surface area contributed by atoms with Gasteiger partial charge >= 0.3 is 0 Å². The Balaban J connectivity index is 1.66. The van der Waals surface area contributed by atoms with Gasteiger partial charge in [0.1, 0.15) is 11.5 Å². The predicted octanol–water partition coefficient (Wildman–Crippen LogP) is 9.99. The number of hydrogen-bond acceptors (Lipinski definition) is 8. The second kappa shape index (κ2) is 27.4. The van der Waals surface area contributed by atoms with Crippen molar-refractivity contribution in [3.63, 3.8) is 0 Å². The molecule has 1 aromatic rings. The van der Waals surface area contributed by atoms with Gasteiger partial charge in [0.15, 0.2) is 17.8 Å². The average Bonchev–Trinajstić information content (AvgIpc) is 3.49. The number of unbranched alkanes of at least 4 members (excludes halogenated alkanes) is 22. The fourth-order valence-electron chi connectivity index (χ4n) is 6.65. The van der Waals surface area contributed by atoms with Crippen LogP contribution in [0.3, 0.4) is 0 Å². The Labute approximate surface area is 292 Å². The molecule has 276 valence electrons. The van der Waals surface area contributed by atoms with E-state index in [9.17, 15) is 14.4 Å². The van der Waals surface area contributed by atoms with Gasteiger partial charge in [-0.25, -0.2) is 0 Å². The second-order valence-electron chi connectivity index (χ2n) is 14.1. The molecule has 2 heterocycles. The molecule has 0 fully saturated rings. The number of nitrogen functional groups attached to an aromatic ring is 1. The maximum atomic E-state index is 13.5. The van der Waals surface area contributed by atoms with Crippen LogP contribution in [0, 0.1) is 0 Å². The Hall–Kier alpha value is -2.42. The highest BCUT2D eigenvalue weighted by atomic mass is 16.5. The fraction of sp³-hybridized carbons (Fsp3) is 0.846. The molecule has 0 bridgehead atoms. The summed E-state index contributed by atoms with van der Waals surface area (Å²) >= 11 is 0. The molecule has 1 unspecified atom stereocenters. The first-order chi connectivity index (χ1) is 23.5. The van der Waals surface area contributed by atoms with Crippen LogP contribution in [0.2, 0.25) is 0 Å². The molecule has 48 heavy (non-hydrogen) atoms. The quantitative estimate of drug-likeness (QED) is 0.0629. The minimum atomic E-state index is -0.869. The van der Waals surface area contributed by atoms with E-state index in [2.05, 4.69) is 29.1 Å². The van der Waals surface area contributed by atoms with Gasteiger partial charge in [0, 0.05) is 19.3 Å². The van der Waals surface area contributed by atoms with Gasteiger partial charge in [-0.3, -0.25) is 19.4 Å². The number of rotatable bonds is 33. The van der Waals surface area contributed by atoms with Crippen LogP contribution < -0.4 is 21.5 Å². The summed E-state index contributed by atoms with van der Waals surface area (Å²) in [4.78, 5) is 46.9. The van der Waals surface area contributed by atoms with Crippen LogP contribution in [-0.2, 0) is 14.3 Å². The van der Waals surface area contributed by atoms with Crippen molar-refractivity contribution in [2.75, 3.05) is 29.2 Å². The van der Waals surface area contributed by atoms with Crippen LogP contribution in [0.15, 0.2) is 4.79 Å². The van der Waals surface area contributed by atoms with Gasteiger partial charge in [-0.15, -0.1) is 0 Å². The molecule has 0 saturated carbocycles. The van der Waals surface area contributed by atoms with Gasteiger partial charge in [-0.2, -0.15) is 4.98 Å². The van der Waals surface area contributed by atoms with E-state index < -0.39 is 6.23 Å². The second-order valence-corrected chi connectivity index (χ2v) is 14.1. The highest BCUT2D eigenvalue weighted by molar-refractivity contribution is 5.88. The Morgan fingerprint density at radius 1 is 0.688 bits per heavy atom. The van der Waals surface area contributed by atoms with Crippen LogP contribution in [-0.4, -0.2) is 41.0 Å². The number of nitrogens with two attached hydrogens (primary N) is 1. The molecule has 9 heteroatoms. The molecule has 0 aromatic carbocycles. The number of aromatic amines is 1. The summed E-state index contributed by atoms with van der Waals surface area (Å²) in [6, 6.07) is 0. The summed E-state index contributed by atoms with van der Waals surface area (Å²) in [5.41, 5.74) is 5.76. The van der Waals surface area contributed by atoms with Gasteiger partial charge in [0.25, 0.3) is 5.56 Å². The van der Waals surface area contributed by atoms with Crippen molar-refractivity contribution in [1.29, 1.82) is 0 Å². The largest absolute Gasteiger partial charge is 0.369 e. The summed E-state index contributed by atoms with van der Waals surface area (Å²) in [7, 11) is 0. The van der Waals surface area contributed by atoms with Crippen molar-refractivity contribution in [3.05, 3.63) is 10.4 Å². The van der Waals surface area contributed by atoms with Gasteiger partial charge < -0.3 is 20.7 Å². The molecule has 0 aliphatic carbocycles. The zero-order valence-electron chi connectivity index (χ0n) is 30.9. The van der Waals surface area contributed by atoms with E-state index in [4.69, 9.17) is 10.5 Å². The molecule has 0 amide bonds. The van der Waals surface area contributed by atoms with E-state index in [1.165, 1.54) is 122 Å². The lowest BCUT2D eigenvalue weighted by atomic mass is 10.0. The summed E-state index contributed by atoms with van der Waals surface area (Å²) in [5, 5.41) is 3.04. The number of fused-ring (bicyclic) bond motifs is 1. The van der Waals surface area contributed by atoms with Crippen molar-refractivity contribution < 1.29 is 14.3 Å². The lowest BCUT2D eigenvalue weighted by Crippen LogP contribution is -2.44. The molecule has 1 aliphatic rings. The molecule has 9 nitrogen and oxygen atoms in total. The van der Waals surface area contributed by atoms with E-state index in [0.717, 1.165) is 32.1 Å². The lowest BCUT2D eigenvalue weighted by Gasteiger charge is -2.27. The van der Waals surface area contributed by atoms with E-state index in [-0.39, 0.29) is 29.7 Å². The zero-order valence-corrected chi connectivity index (χ0v) is 30.9. The number of carbonyl (C=O) groups excluding carboxylic acids is 2. The lowest BCUT2D eigenvalue weighted by molar-refractivity contribution is -0.130. The highest BCUT2D eigenvalue weighted by Crippen LogP contribution is 2.29. The topological polar surface area (TPSA) is 130 Å². The van der Waals surface area contributed by atoms with Crippen molar-refractivity contribution in [1.82, 2.24) is 9.97 Å². The number of carbonyl (C=O) groups is 2. The summed E-state index contributed by atoms with van der Waals surface area (Å²) < 4.78 is 6.14. The highest BCUT2D eigenvalue weighted by Gasteiger charge is 2.34. The molecule has 1 aliphatic heterocycles. The normalized spacial score (nSPS) is 13.1. The van der Waals surface area contributed by atoms with Crippen molar-refractivity contribution in [2.45, 2.75) is 200 Å². The van der Waals surface area contributed by atoms with Crippen molar-refractivity contribution >= 4 is 29.0 Å². The summed E-state index contributed by atoms with van der Waals surface area (Å²) in [6.45, 7) is 5.05. The smallest absolute Gasteiger partial charge is 0.277 e. The molecular formula is C39H71N5O4. The molecule has 0 radical (unpaired) electrons. The standard InChI is InChI=1S/C39H71N5O4/c1-3-5-7-9-11-13-15-17-19-21-23-25-28-33(45)29-27-31-48-38(44-32-41-35-36(44)42-39(40)43-37(35)47)34(46)30-26-24-22-20-18-16-14-12-10-8-6-4-2/h38,41H,3-32H2,1-2H3,(H3,40,42,43,47). The molecule has 1 atom stereocenters. The number of nitrogens with zero attached hydrogens (tertiary/aromatic N) is 2. The monoisotopic (exact) mass is 674 g/mol. The van der Waals surface area contributed by atoms with Gasteiger partial charge in [-0.1, -0.05) is 155 Å². The number of Topliss-reactive ketones (excluding diaryl/α,β-unsaturated/α-hetero) is 2. The molecule has 0 saturated heterocycles. The number of ether oxygens (including phenoxy) is 1. The number of H-pyrrole nitrogens is 1. The summed E-state index contributed by atoms with van der Waals surface area (Å²) in [6.07, 6.45) is 31.4. The van der Waals surface area contributed by atoms with Crippen molar-refractivity contribution in [2.24, 2.45) is 0 Å². The maximum Gasteiger partial charge on any atom is 0.277 e. The van der Waals surface area contributed by atoms with Crippen LogP contribution in [0.5, 0.6) is 0 Å². The van der Waals surface area contributed by atoms with Crippen LogP contribution in [0.1, 0.15) is 194 Å². The Morgan fingerprint density at radius 2 is 1.12 bits per heavy atom. The predicted molar refractivity (Wildman–Crippen MR) is 201 cm³/mol. The first-order valence-corrected chi connectivity index (χ1v) is 20.0. The third-order valence-electron chi connectivity index (χ3n) is 9.64. The Kier molecular flexibility index (Phi) is 23.8. The van der Waals surface area contributed by atoms with Crippen molar-refractivity contribution in [3.8, 4) is 0 Å². The number of anilines is 3. The Bertz CT molecular complexity index is 1050. The minimum absolute atomic E-state index is 0.00279. The van der Waals surface area contributed by atoms with Gasteiger partial charge in [0.05, 0.1) is 13.3 Å². The summed E-state index contributed by atoms with van der Waals surface area (Å²) in [5.74, 6) is 0.578. The van der Waals surface area contributed by atoms with Gasteiger partial charge in [-0.05, 0) is 19.3 Å². The third-order valence-corrected chi connectivity index (χ3v) is 9.64. The van der Waals surface area contributed by atoms with Crippen LogP contribution in [0.25, 0.3) is 0 Å².